The minimum atomic E-state index is -0.273. The van der Waals surface area contributed by atoms with Crippen molar-refractivity contribution in [1.29, 1.82) is 0 Å². The fourth-order valence-electron chi connectivity index (χ4n) is 4.70. The lowest BCUT2D eigenvalue weighted by Crippen LogP contribution is -2.25. The van der Waals surface area contributed by atoms with E-state index in [-0.39, 0.29) is 17.6 Å². The van der Waals surface area contributed by atoms with E-state index in [1.807, 2.05) is 30.5 Å². The van der Waals surface area contributed by atoms with Crippen LogP contribution >= 0.6 is 11.8 Å². The van der Waals surface area contributed by atoms with E-state index in [1.165, 1.54) is 11.8 Å². The molecule has 0 aliphatic rings. The first-order valence-corrected chi connectivity index (χ1v) is 15.8. The summed E-state index contributed by atoms with van der Waals surface area (Å²) in [6, 6.07) is 19.5. The van der Waals surface area contributed by atoms with Crippen LogP contribution in [0.1, 0.15) is 41.8 Å². The molecule has 0 aliphatic heterocycles. The number of carbonyl (C=O) groups excluding carboxylic acids is 2. The molecule has 0 fully saturated rings. The number of H-pyrrole nitrogens is 1. The van der Waals surface area contributed by atoms with Gasteiger partial charge in [0.2, 0.25) is 0 Å². The first kappa shape index (κ1) is 32.3. The first-order valence-electron chi connectivity index (χ1n) is 14.5. The Morgan fingerprint density at radius 2 is 1.82 bits per heavy atom. The molecule has 4 rings (SSSR count). The lowest BCUT2D eigenvalue weighted by molar-refractivity contribution is -0.112. The second-order valence-electron chi connectivity index (χ2n) is 9.96. The van der Waals surface area contributed by atoms with Crippen LogP contribution in [-0.4, -0.2) is 65.4 Å². The molecule has 9 heteroatoms. The maximum atomic E-state index is 13.3. The van der Waals surface area contributed by atoms with Gasteiger partial charge >= 0.3 is 0 Å². The van der Waals surface area contributed by atoms with E-state index >= 15 is 0 Å². The number of benzene rings is 3. The molecule has 0 saturated carbocycles. The number of ketones is 1. The molecule has 4 aromatic rings. The van der Waals surface area contributed by atoms with Gasteiger partial charge in [-0.05, 0) is 74.3 Å². The van der Waals surface area contributed by atoms with Crippen molar-refractivity contribution in [1.82, 2.24) is 9.88 Å². The summed E-state index contributed by atoms with van der Waals surface area (Å²) < 4.78 is 5.86. The van der Waals surface area contributed by atoms with Gasteiger partial charge in [0.25, 0.3) is 5.91 Å². The average Bonchev–Trinajstić information content (AvgIpc) is 3.36. The van der Waals surface area contributed by atoms with E-state index in [1.54, 1.807) is 60.8 Å². The van der Waals surface area contributed by atoms with Gasteiger partial charge in [-0.1, -0.05) is 50.8 Å². The summed E-state index contributed by atoms with van der Waals surface area (Å²) in [7, 11) is 0. The van der Waals surface area contributed by atoms with Crippen molar-refractivity contribution >= 4 is 51.9 Å². The van der Waals surface area contributed by atoms with Crippen LogP contribution in [0.3, 0.4) is 0 Å². The maximum absolute atomic E-state index is 13.3. The van der Waals surface area contributed by atoms with Crippen molar-refractivity contribution in [2.24, 2.45) is 4.99 Å². The van der Waals surface area contributed by atoms with Crippen LogP contribution in [0.25, 0.3) is 10.9 Å². The largest absolute Gasteiger partial charge is 0.494 e. The molecule has 8 nitrogen and oxygen atoms in total. The zero-order valence-electron chi connectivity index (χ0n) is 25.3. The van der Waals surface area contributed by atoms with Crippen LogP contribution < -0.4 is 10.1 Å². The molecule has 0 unspecified atom stereocenters. The third kappa shape index (κ3) is 8.27. The number of hydrogen-bond donors (Lipinski definition) is 3. The summed E-state index contributed by atoms with van der Waals surface area (Å²) in [5.74, 6) is 0.265. The second kappa shape index (κ2) is 15.7. The number of aliphatic imine (C=N–C) groups is 1. The minimum absolute atomic E-state index is 0.0385. The quantitative estimate of drug-likeness (QED) is 0.0428. The number of nitrogens with one attached hydrogen (secondary N) is 2. The van der Waals surface area contributed by atoms with Gasteiger partial charge in [0.1, 0.15) is 5.75 Å². The molecule has 1 heterocycles. The predicted octanol–water partition coefficient (Wildman–Crippen LogP) is 7.34. The summed E-state index contributed by atoms with van der Waals surface area (Å²) in [4.78, 5) is 36.2. The summed E-state index contributed by atoms with van der Waals surface area (Å²) in [6.07, 6.45) is 7.57. The number of nitrogens with zero attached hydrogens (tertiary/aromatic N) is 2. The zero-order chi connectivity index (χ0) is 31.5. The highest BCUT2D eigenvalue weighted by atomic mass is 32.2. The average molecular weight is 611 g/mol. The first-order chi connectivity index (χ1) is 21.4. The van der Waals surface area contributed by atoms with Crippen molar-refractivity contribution in [2.75, 3.05) is 37.8 Å². The topological polar surface area (TPSA) is 107 Å². The number of aromatic hydroxyl groups is 1. The molecule has 0 bridgehead atoms. The van der Waals surface area contributed by atoms with Crippen molar-refractivity contribution < 1.29 is 19.4 Å². The van der Waals surface area contributed by atoms with Gasteiger partial charge in [-0.25, -0.2) is 0 Å². The van der Waals surface area contributed by atoms with Crippen LogP contribution in [0.15, 0.2) is 95.4 Å². The fraction of sp³-hybridized carbons (Fsp3) is 0.229. The number of thioether (sulfide) groups is 1. The molecule has 0 atom stereocenters. The Morgan fingerprint density at radius 1 is 1.07 bits per heavy atom. The Kier molecular flexibility index (Phi) is 11.6. The Hall–Kier alpha value is -4.60. The van der Waals surface area contributed by atoms with E-state index < -0.39 is 0 Å². The zero-order valence-corrected chi connectivity index (χ0v) is 26.1. The van der Waals surface area contributed by atoms with E-state index in [0.29, 0.717) is 39.4 Å². The monoisotopic (exact) mass is 610 g/mol. The molecule has 0 saturated heterocycles. The van der Waals surface area contributed by atoms with E-state index in [2.05, 4.69) is 40.6 Å². The number of fused-ring (bicyclic) bond motifs is 1. The third-order valence-electron chi connectivity index (χ3n) is 7.14. The molecule has 228 valence electrons. The Bertz CT molecular complexity index is 1670. The number of allylic oxidation sites excluding steroid dienone is 2. The highest BCUT2D eigenvalue weighted by molar-refractivity contribution is 8.03. The van der Waals surface area contributed by atoms with Gasteiger partial charge in [0, 0.05) is 40.5 Å². The van der Waals surface area contributed by atoms with Crippen LogP contribution in [0.2, 0.25) is 0 Å². The van der Waals surface area contributed by atoms with E-state index in [4.69, 9.17) is 4.74 Å². The number of anilines is 1. The van der Waals surface area contributed by atoms with Crippen LogP contribution in [0, 0.1) is 0 Å². The number of amides is 1. The number of rotatable bonds is 15. The summed E-state index contributed by atoms with van der Waals surface area (Å²) in [5, 5.41) is 14.2. The molecule has 3 N–H and O–H groups in total. The fourth-order valence-corrected chi connectivity index (χ4v) is 5.17. The second-order valence-corrected chi connectivity index (χ2v) is 10.8. The van der Waals surface area contributed by atoms with Crippen molar-refractivity contribution in [3.05, 3.63) is 107 Å². The summed E-state index contributed by atoms with van der Waals surface area (Å²) >= 11 is 1.31. The van der Waals surface area contributed by atoms with Crippen molar-refractivity contribution in [3.63, 3.8) is 0 Å². The molecular weight excluding hydrogens is 572 g/mol. The lowest BCUT2D eigenvalue weighted by atomic mass is 10.0. The molecule has 0 aliphatic carbocycles. The van der Waals surface area contributed by atoms with Gasteiger partial charge in [0.15, 0.2) is 11.7 Å². The predicted molar refractivity (Wildman–Crippen MR) is 182 cm³/mol. The molecule has 1 amide bonds. The van der Waals surface area contributed by atoms with E-state index in [0.717, 1.165) is 42.9 Å². The SMILES string of the molecule is C=C/C=C(\SC)C(=O)Nc1cccc(C(=O)c2ccc3c(C=Nc4ccc(OCCCN(CC)CC)cc4)c(O)[nH]c3c2)c1. The van der Waals surface area contributed by atoms with Crippen molar-refractivity contribution in [2.45, 2.75) is 20.3 Å². The molecular formula is C35H38N4O4S. The Morgan fingerprint density at radius 3 is 2.52 bits per heavy atom. The van der Waals surface area contributed by atoms with Crippen LogP contribution in [0.4, 0.5) is 11.4 Å². The van der Waals surface area contributed by atoms with Gasteiger partial charge in [-0.2, -0.15) is 0 Å². The number of carbonyl (C=O) groups is 2. The minimum Gasteiger partial charge on any atom is -0.494 e. The van der Waals surface area contributed by atoms with Crippen molar-refractivity contribution in [3.8, 4) is 11.6 Å². The molecule has 0 radical (unpaired) electrons. The highest BCUT2D eigenvalue weighted by Crippen LogP contribution is 2.29. The molecule has 0 spiro atoms. The number of aromatic amines is 1. The molecule has 44 heavy (non-hydrogen) atoms. The Labute approximate surface area is 262 Å². The maximum Gasteiger partial charge on any atom is 0.262 e. The van der Waals surface area contributed by atoms with E-state index in [9.17, 15) is 14.7 Å². The van der Waals surface area contributed by atoms with Gasteiger partial charge in [0.05, 0.1) is 22.8 Å². The van der Waals surface area contributed by atoms with Crippen LogP contribution in [-0.2, 0) is 4.79 Å². The smallest absolute Gasteiger partial charge is 0.262 e. The summed E-state index contributed by atoms with van der Waals surface area (Å²) in [5.41, 5.74) is 3.23. The number of aromatic nitrogens is 1. The van der Waals surface area contributed by atoms with Crippen LogP contribution in [0.5, 0.6) is 11.6 Å². The molecule has 3 aromatic carbocycles. The third-order valence-corrected chi connectivity index (χ3v) is 7.90. The van der Waals surface area contributed by atoms with Gasteiger partial charge in [-0.3, -0.25) is 14.6 Å². The summed E-state index contributed by atoms with van der Waals surface area (Å²) in [6.45, 7) is 11.7. The number of hydrogen-bond acceptors (Lipinski definition) is 7. The lowest BCUT2D eigenvalue weighted by Gasteiger charge is -2.17. The van der Waals surface area contributed by atoms with Gasteiger partial charge < -0.3 is 25.0 Å². The normalized spacial score (nSPS) is 11.8. The number of ether oxygens (including phenoxy) is 1. The highest BCUT2D eigenvalue weighted by Gasteiger charge is 2.15. The van der Waals surface area contributed by atoms with Gasteiger partial charge in [-0.15, -0.1) is 11.8 Å². The Balaban J connectivity index is 1.43. The molecule has 1 aromatic heterocycles. The standard InChI is InChI=1S/C35H38N4O4S/c1-5-10-32(44-4)35(42)37-27-12-8-11-24(21-27)33(40)25-13-18-29-30(34(41)38-31(29)22-25)23-36-26-14-16-28(17-15-26)43-20-9-19-39(6-2)7-3/h5,8,10-18,21-23,38,41H,1,6-7,9,19-20H2,2-4H3,(H,37,42)/b32-10-,36-23?.